The Labute approximate surface area is 335 Å². The summed E-state index contributed by atoms with van der Waals surface area (Å²) in [6.45, 7) is 0. The molecule has 0 saturated heterocycles. The molecule has 3 nitrogen and oxygen atoms in total. The quantitative estimate of drug-likeness (QED) is 0.0718. The van der Waals surface area contributed by atoms with Gasteiger partial charge >= 0.3 is 0 Å². The number of hydrogen-bond donors (Lipinski definition) is 1. The van der Waals surface area contributed by atoms with Gasteiger partial charge in [0.15, 0.2) is 0 Å². The molecule has 8 aromatic rings. The second-order valence-electron chi connectivity index (χ2n) is 13.7. The molecule has 0 aliphatic carbocycles. The summed E-state index contributed by atoms with van der Waals surface area (Å²) in [6, 6.07) is 70.2. The number of alkyl halides is 1. The van der Waals surface area contributed by atoms with Crippen molar-refractivity contribution in [2.24, 2.45) is 10.7 Å². The third kappa shape index (κ3) is 6.32. The number of rotatable bonds is 8. The van der Waals surface area contributed by atoms with E-state index in [0.29, 0.717) is 5.84 Å². The summed E-state index contributed by atoms with van der Waals surface area (Å²) < 4.78 is 6.64. The number of hydrogen-bond acceptors (Lipinski definition) is 2. The topological polar surface area (TPSA) is 47.6 Å². The van der Waals surface area contributed by atoms with Gasteiger partial charge in [-0.3, -0.25) is 0 Å². The Bertz CT molecular complexity index is 2670. The highest BCUT2D eigenvalue weighted by Crippen LogP contribution is 2.56. The molecule has 0 radical (unpaired) electrons. The van der Waals surface area contributed by atoms with Crippen LogP contribution < -0.4 is 10.5 Å². The van der Waals surface area contributed by atoms with E-state index in [9.17, 15) is 0 Å². The second kappa shape index (κ2) is 14.9. The van der Waals surface area contributed by atoms with Gasteiger partial charge in [0, 0.05) is 22.3 Å². The summed E-state index contributed by atoms with van der Waals surface area (Å²) in [6.07, 6.45) is 2.24. The van der Waals surface area contributed by atoms with Crippen LogP contribution in [-0.2, 0) is 5.41 Å². The Hall–Kier alpha value is -6.24. The van der Waals surface area contributed by atoms with Crippen molar-refractivity contribution in [3.8, 4) is 22.6 Å². The molecule has 0 bridgehead atoms. The Kier molecular flexibility index (Phi) is 9.34. The highest BCUT2D eigenvalue weighted by molar-refractivity contribution is 14.1. The lowest BCUT2D eigenvalue weighted by Gasteiger charge is -2.42. The Morgan fingerprint density at radius 2 is 1.13 bits per heavy atom. The summed E-state index contributed by atoms with van der Waals surface area (Å²) in [5.41, 5.74) is 16.8. The minimum absolute atomic E-state index is 0.0264. The van der Waals surface area contributed by atoms with Crippen molar-refractivity contribution in [2.45, 2.75) is 9.34 Å². The van der Waals surface area contributed by atoms with Crippen LogP contribution in [0.4, 0.5) is 0 Å². The summed E-state index contributed by atoms with van der Waals surface area (Å²) >= 11 is 2.52. The standard InChI is InChI=1S/C51H37IN2O/c52-46(42-27-16-20-35-17-7-8-25-40(35)42)34-47(54-50(53)36-18-3-1-4-19-36)38-22-15-21-37(33-38)41-26-9-10-28-43(41)51(39-23-5-2-6-24-39)44-29-11-13-31-48(44)55-49-32-14-12-30-45(49)51/h1-34,46H,(H2,53,54)/b47-34-/t46-/m1/s1. The monoisotopic (exact) mass is 820 g/mol. The summed E-state index contributed by atoms with van der Waals surface area (Å²) in [5.74, 6) is 2.18. The number of para-hydroxylation sites is 2. The maximum absolute atomic E-state index is 6.78. The first kappa shape index (κ1) is 34.5. The summed E-state index contributed by atoms with van der Waals surface area (Å²) in [4.78, 5) is 5.16. The molecule has 0 unspecified atom stereocenters. The number of nitrogens with zero attached hydrogens (tertiary/aromatic N) is 1. The molecule has 1 aliphatic heterocycles. The fourth-order valence-electron chi connectivity index (χ4n) is 8.07. The van der Waals surface area contributed by atoms with Gasteiger partial charge in [-0.05, 0) is 62.9 Å². The van der Waals surface area contributed by atoms with Crippen LogP contribution in [0.3, 0.4) is 0 Å². The number of amidine groups is 1. The van der Waals surface area contributed by atoms with Crippen molar-refractivity contribution in [3.63, 3.8) is 0 Å². The average molecular weight is 821 g/mol. The number of ether oxygens (including phenoxy) is 1. The van der Waals surface area contributed by atoms with E-state index in [4.69, 9.17) is 15.5 Å². The van der Waals surface area contributed by atoms with Crippen LogP contribution >= 0.6 is 22.6 Å². The fourth-order valence-corrected chi connectivity index (χ4v) is 8.95. The van der Waals surface area contributed by atoms with Crippen LogP contribution in [-0.4, -0.2) is 5.84 Å². The van der Waals surface area contributed by atoms with Gasteiger partial charge in [-0.2, -0.15) is 0 Å². The number of benzene rings is 8. The van der Waals surface area contributed by atoms with E-state index in [-0.39, 0.29) is 3.92 Å². The predicted octanol–water partition coefficient (Wildman–Crippen LogP) is 12.9. The smallest absolute Gasteiger partial charge is 0.132 e. The lowest BCUT2D eigenvalue weighted by molar-refractivity contribution is 0.434. The van der Waals surface area contributed by atoms with Gasteiger partial charge in [-0.15, -0.1) is 0 Å². The molecule has 8 aromatic carbocycles. The Morgan fingerprint density at radius 3 is 1.87 bits per heavy atom. The third-order valence-electron chi connectivity index (χ3n) is 10.5. The summed E-state index contributed by atoms with van der Waals surface area (Å²) in [7, 11) is 0. The number of nitrogens with two attached hydrogens (primary N) is 1. The molecule has 55 heavy (non-hydrogen) atoms. The largest absolute Gasteiger partial charge is 0.457 e. The van der Waals surface area contributed by atoms with Gasteiger partial charge in [-0.25, -0.2) is 4.99 Å². The maximum Gasteiger partial charge on any atom is 0.132 e. The molecule has 2 N–H and O–H groups in total. The molecular formula is C51H37IN2O. The van der Waals surface area contributed by atoms with Crippen molar-refractivity contribution in [1.29, 1.82) is 0 Å². The molecule has 1 aliphatic rings. The molecular weight excluding hydrogens is 783 g/mol. The molecule has 1 atom stereocenters. The number of allylic oxidation sites excluding steroid dienone is 1. The van der Waals surface area contributed by atoms with Crippen LogP contribution in [0.15, 0.2) is 211 Å². The molecule has 9 rings (SSSR count). The maximum atomic E-state index is 6.78. The Morgan fingerprint density at radius 1 is 0.564 bits per heavy atom. The van der Waals surface area contributed by atoms with Gasteiger partial charge in [0.1, 0.15) is 17.3 Å². The molecule has 0 fully saturated rings. The zero-order valence-corrected chi connectivity index (χ0v) is 32.2. The number of aliphatic imine (C=N–C) groups is 1. The van der Waals surface area contributed by atoms with E-state index in [1.54, 1.807) is 0 Å². The fraction of sp³-hybridized carbons (Fsp3) is 0.0392. The Balaban J connectivity index is 1.25. The van der Waals surface area contributed by atoms with Crippen LogP contribution in [0.5, 0.6) is 11.5 Å². The summed E-state index contributed by atoms with van der Waals surface area (Å²) in [5, 5.41) is 2.44. The number of fused-ring (bicyclic) bond motifs is 3. The highest BCUT2D eigenvalue weighted by atomic mass is 127. The predicted molar refractivity (Wildman–Crippen MR) is 236 cm³/mol. The lowest BCUT2D eigenvalue weighted by Crippen LogP contribution is -2.34. The molecule has 0 amide bonds. The average Bonchev–Trinajstić information content (AvgIpc) is 3.25. The van der Waals surface area contributed by atoms with Crippen LogP contribution in [0, 0.1) is 0 Å². The van der Waals surface area contributed by atoms with Crippen LogP contribution in [0.25, 0.3) is 27.6 Å². The van der Waals surface area contributed by atoms with Crippen molar-refractivity contribution in [2.75, 3.05) is 0 Å². The zero-order chi connectivity index (χ0) is 37.2. The normalized spacial score (nSPS) is 14.1. The molecule has 264 valence electrons. The van der Waals surface area contributed by atoms with Gasteiger partial charge < -0.3 is 10.5 Å². The van der Waals surface area contributed by atoms with Crippen LogP contribution in [0.1, 0.15) is 42.9 Å². The van der Waals surface area contributed by atoms with Gasteiger partial charge in [0.2, 0.25) is 0 Å². The van der Waals surface area contributed by atoms with Crippen molar-refractivity contribution < 1.29 is 4.74 Å². The first-order chi connectivity index (χ1) is 27.1. The highest BCUT2D eigenvalue weighted by Gasteiger charge is 2.46. The third-order valence-corrected chi connectivity index (χ3v) is 11.6. The first-order valence-corrected chi connectivity index (χ1v) is 19.7. The van der Waals surface area contributed by atoms with E-state index >= 15 is 0 Å². The molecule has 0 aromatic heterocycles. The van der Waals surface area contributed by atoms with E-state index in [1.165, 1.54) is 27.5 Å². The molecule has 0 saturated carbocycles. The van der Waals surface area contributed by atoms with Crippen molar-refractivity contribution in [1.82, 2.24) is 0 Å². The lowest BCUT2D eigenvalue weighted by atomic mass is 9.62. The van der Waals surface area contributed by atoms with E-state index in [1.807, 2.05) is 42.5 Å². The second-order valence-corrected chi connectivity index (χ2v) is 15.1. The van der Waals surface area contributed by atoms with Crippen molar-refractivity contribution in [3.05, 3.63) is 245 Å². The van der Waals surface area contributed by atoms with Gasteiger partial charge in [0.25, 0.3) is 0 Å². The van der Waals surface area contributed by atoms with Gasteiger partial charge in [-0.1, -0.05) is 205 Å². The SMILES string of the molecule is NC(=N/C(=C\[C@@H](I)c1cccc2ccccc12)c1cccc(-c2ccccc2C2(c3ccccc3)c3ccccc3Oc3ccccc32)c1)c1ccccc1. The zero-order valence-electron chi connectivity index (χ0n) is 30.0. The van der Waals surface area contributed by atoms with E-state index in [0.717, 1.165) is 50.6 Å². The molecule has 1 heterocycles. The van der Waals surface area contributed by atoms with Crippen molar-refractivity contribution >= 4 is 44.9 Å². The minimum Gasteiger partial charge on any atom is -0.457 e. The van der Waals surface area contributed by atoms with Crippen LogP contribution in [0.2, 0.25) is 0 Å². The minimum atomic E-state index is -0.657. The first-order valence-electron chi connectivity index (χ1n) is 18.5. The van der Waals surface area contributed by atoms with E-state index < -0.39 is 5.41 Å². The molecule has 4 heteroatoms. The van der Waals surface area contributed by atoms with E-state index in [2.05, 4.69) is 186 Å². The molecule has 0 spiro atoms. The number of halogens is 1. The van der Waals surface area contributed by atoms with Gasteiger partial charge in [0.05, 0.1) is 15.0 Å².